The van der Waals surface area contributed by atoms with Gasteiger partial charge in [0.05, 0.1) is 24.4 Å². The topological polar surface area (TPSA) is 30.5 Å². The predicted molar refractivity (Wildman–Crippen MR) is 137 cm³/mol. The van der Waals surface area contributed by atoms with Crippen molar-refractivity contribution in [2.24, 2.45) is 0 Å². The molecule has 4 rings (SSSR count). The summed E-state index contributed by atoms with van der Waals surface area (Å²) in [5.41, 5.74) is 3.52. The first-order valence-corrected chi connectivity index (χ1v) is 13.5. The third-order valence-electron chi connectivity index (χ3n) is 7.66. The fraction of sp³-hybridized carbons (Fsp3) is 0.600. The van der Waals surface area contributed by atoms with E-state index in [0.29, 0.717) is 35.5 Å². The minimum absolute atomic E-state index is 0.115. The van der Waals surface area contributed by atoms with Crippen LogP contribution in [-0.4, -0.2) is 37.5 Å². The fourth-order valence-electron chi connectivity index (χ4n) is 5.30. The minimum atomic E-state index is -0.115. The quantitative estimate of drug-likeness (QED) is 0.343. The number of nitrogens with one attached hydrogen (secondary N) is 1. The van der Waals surface area contributed by atoms with Crippen molar-refractivity contribution in [3.63, 3.8) is 0 Å². The van der Waals surface area contributed by atoms with E-state index in [-0.39, 0.29) is 11.6 Å². The highest BCUT2D eigenvalue weighted by Crippen LogP contribution is 2.27. The van der Waals surface area contributed by atoms with Crippen molar-refractivity contribution in [2.75, 3.05) is 13.1 Å². The van der Waals surface area contributed by atoms with Crippen LogP contribution in [0.4, 0.5) is 8.78 Å². The maximum absolute atomic E-state index is 13.7. The lowest BCUT2D eigenvalue weighted by Crippen LogP contribution is -2.25. The van der Waals surface area contributed by atoms with Crippen LogP contribution in [0.2, 0.25) is 0 Å². The second-order valence-corrected chi connectivity index (χ2v) is 10.5. The number of aryl methyl sites for hydroxylation is 4. The van der Waals surface area contributed by atoms with E-state index in [9.17, 15) is 8.78 Å². The van der Waals surface area contributed by atoms with Gasteiger partial charge in [-0.05, 0) is 126 Å². The van der Waals surface area contributed by atoms with E-state index in [1.54, 1.807) is 26.0 Å². The molecule has 35 heavy (non-hydrogen) atoms. The second-order valence-electron chi connectivity index (χ2n) is 10.5. The lowest BCUT2D eigenvalue weighted by molar-refractivity contribution is 0.0332. The van der Waals surface area contributed by atoms with Gasteiger partial charge < -0.3 is 14.8 Å². The molecule has 2 aliphatic heterocycles. The number of benzene rings is 2. The Labute approximate surface area is 209 Å². The summed E-state index contributed by atoms with van der Waals surface area (Å²) >= 11 is 0. The zero-order chi connectivity index (χ0) is 24.6. The highest BCUT2D eigenvalue weighted by Gasteiger charge is 2.26. The predicted octanol–water partition coefficient (Wildman–Crippen LogP) is 6.61. The Bertz CT molecular complexity index is 874. The summed E-state index contributed by atoms with van der Waals surface area (Å²) in [5.74, 6) is -0.229. The van der Waals surface area contributed by atoms with E-state index in [4.69, 9.17) is 9.47 Å². The third kappa shape index (κ3) is 8.09. The molecule has 0 aliphatic carbocycles. The molecule has 5 heteroatoms. The van der Waals surface area contributed by atoms with Crippen LogP contribution in [0.3, 0.4) is 0 Å². The van der Waals surface area contributed by atoms with Gasteiger partial charge in [-0.1, -0.05) is 24.3 Å². The van der Waals surface area contributed by atoms with Crippen LogP contribution >= 0.6 is 0 Å². The van der Waals surface area contributed by atoms with Gasteiger partial charge in [0.1, 0.15) is 11.6 Å². The smallest absolute Gasteiger partial charge is 0.126 e. The van der Waals surface area contributed by atoms with Crippen molar-refractivity contribution >= 4 is 0 Å². The molecule has 2 aromatic rings. The van der Waals surface area contributed by atoms with Crippen molar-refractivity contribution < 1.29 is 18.3 Å². The molecule has 0 aromatic heterocycles. The van der Waals surface area contributed by atoms with Crippen LogP contribution in [0, 0.1) is 25.5 Å². The van der Waals surface area contributed by atoms with Crippen molar-refractivity contribution in [2.45, 2.75) is 102 Å². The molecule has 2 fully saturated rings. The molecule has 0 saturated carbocycles. The molecular formula is C30H41F2NO2. The SMILES string of the molecule is Cc1ccc(CCC2CCC(CCNCCC3CCC(CCc4ccc(C)c(F)c4)O3)O2)cc1F. The summed E-state index contributed by atoms with van der Waals surface area (Å²) in [6.07, 6.45) is 11.5. The zero-order valence-corrected chi connectivity index (χ0v) is 21.3. The van der Waals surface area contributed by atoms with E-state index < -0.39 is 0 Å². The van der Waals surface area contributed by atoms with Crippen LogP contribution in [-0.2, 0) is 22.3 Å². The summed E-state index contributed by atoms with van der Waals surface area (Å²) < 4.78 is 39.9. The minimum Gasteiger partial charge on any atom is -0.375 e. The maximum atomic E-state index is 13.7. The van der Waals surface area contributed by atoms with Crippen molar-refractivity contribution in [1.82, 2.24) is 5.32 Å². The highest BCUT2D eigenvalue weighted by molar-refractivity contribution is 5.24. The van der Waals surface area contributed by atoms with Crippen LogP contribution < -0.4 is 5.32 Å². The van der Waals surface area contributed by atoms with Gasteiger partial charge in [0, 0.05) is 0 Å². The Morgan fingerprint density at radius 3 is 1.46 bits per heavy atom. The lowest BCUT2D eigenvalue weighted by atomic mass is 10.0. The summed E-state index contributed by atoms with van der Waals surface area (Å²) in [6.45, 7) is 5.53. The summed E-state index contributed by atoms with van der Waals surface area (Å²) in [7, 11) is 0. The summed E-state index contributed by atoms with van der Waals surface area (Å²) in [6, 6.07) is 11.1. The Morgan fingerprint density at radius 2 is 1.06 bits per heavy atom. The standard InChI is InChI=1S/C30H41F2NO2/c1-21-3-5-23(19-29(21)31)7-9-25-11-13-27(34-25)15-17-33-18-16-28-14-12-26(35-28)10-8-24-6-4-22(2)30(32)20-24/h3-6,19-20,25-28,33H,7-18H2,1-2H3. The Kier molecular flexibility index (Phi) is 9.70. The number of rotatable bonds is 12. The van der Waals surface area contributed by atoms with Crippen LogP contribution in [0.5, 0.6) is 0 Å². The van der Waals surface area contributed by atoms with Gasteiger partial charge in [-0.15, -0.1) is 0 Å². The average molecular weight is 486 g/mol. The normalized spacial score (nSPS) is 24.3. The first kappa shape index (κ1) is 26.2. The number of halogens is 2. The summed E-state index contributed by atoms with van der Waals surface area (Å²) in [4.78, 5) is 0. The molecule has 0 bridgehead atoms. The Hall–Kier alpha value is -1.82. The average Bonchev–Trinajstić information content (AvgIpc) is 3.50. The van der Waals surface area contributed by atoms with Gasteiger partial charge >= 0.3 is 0 Å². The van der Waals surface area contributed by atoms with E-state index in [1.807, 2.05) is 24.3 Å². The number of ether oxygens (including phenoxy) is 2. The van der Waals surface area contributed by atoms with Crippen LogP contribution in [0.25, 0.3) is 0 Å². The first-order valence-electron chi connectivity index (χ1n) is 13.5. The van der Waals surface area contributed by atoms with Gasteiger partial charge in [-0.25, -0.2) is 8.78 Å². The molecule has 2 aliphatic rings. The second kappa shape index (κ2) is 12.9. The van der Waals surface area contributed by atoms with E-state index in [1.165, 1.54) is 0 Å². The van der Waals surface area contributed by atoms with E-state index in [2.05, 4.69) is 5.32 Å². The van der Waals surface area contributed by atoms with Gasteiger partial charge in [0.15, 0.2) is 0 Å². The first-order chi connectivity index (χ1) is 17.0. The molecule has 4 atom stereocenters. The molecule has 2 saturated heterocycles. The van der Waals surface area contributed by atoms with Gasteiger partial charge in [0.25, 0.3) is 0 Å². The van der Waals surface area contributed by atoms with Crippen molar-refractivity contribution in [3.05, 3.63) is 70.3 Å². The molecule has 4 unspecified atom stereocenters. The van der Waals surface area contributed by atoms with Crippen molar-refractivity contribution in [3.8, 4) is 0 Å². The van der Waals surface area contributed by atoms with Gasteiger partial charge in [-0.2, -0.15) is 0 Å². The van der Waals surface area contributed by atoms with Gasteiger partial charge in [-0.3, -0.25) is 0 Å². The number of hydrogen-bond donors (Lipinski definition) is 1. The van der Waals surface area contributed by atoms with Crippen molar-refractivity contribution in [1.29, 1.82) is 0 Å². The summed E-state index contributed by atoms with van der Waals surface area (Å²) in [5, 5.41) is 3.56. The zero-order valence-electron chi connectivity index (χ0n) is 21.3. The molecule has 3 nitrogen and oxygen atoms in total. The monoisotopic (exact) mass is 485 g/mol. The Balaban J connectivity index is 1.03. The third-order valence-corrected chi connectivity index (χ3v) is 7.66. The molecule has 0 spiro atoms. The molecule has 192 valence electrons. The highest BCUT2D eigenvalue weighted by atomic mass is 19.1. The molecule has 0 amide bonds. The fourth-order valence-corrected chi connectivity index (χ4v) is 5.30. The Morgan fingerprint density at radius 1 is 0.657 bits per heavy atom. The van der Waals surface area contributed by atoms with Crippen LogP contribution in [0.1, 0.15) is 73.6 Å². The largest absolute Gasteiger partial charge is 0.375 e. The lowest BCUT2D eigenvalue weighted by Gasteiger charge is -2.16. The molecule has 2 aromatic carbocycles. The van der Waals surface area contributed by atoms with E-state index >= 15 is 0 Å². The van der Waals surface area contributed by atoms with Gasteiger partial charge in [0.2, 0.25) is 0 Å². The molecule has 1 N–H and O–H groups in total. The molecule has 0 radical (unpaired) electrons. The number of hydrogen-bond acceptors (Lipinski definition) is 3. The van der Waals surface area contributed by atoms with Crippen LogP contribution in [0.15, 0.2) is 36.4 Å². The maximum Gasteiger partial charge on any atom is 0.126 e. The van der Waals surface area contributed by atoms with E-state index in [0.717, 1.165) is 88.4 Å². The molecular weight excluding hydrogens is 444 g/mol. The molecule has 2 heterocycles.